The van der Waals surface area contributed by atoms with E-state index in [1.165, 1.54) is 5.56 Å². The van der Waals surface area contributed by atoms with Crippen LogP contribution >= 0.6 is 0 Å². The lowest BCUT2D eigenvalue weighted by Gasteiger charge is -2.29. The van der Waals surface area contributed by atoms with Crippen molar-refractivity contribution in [2.24, 2.45) is 0 Å². The molecule has 1 aliphatic heterocycles. The Hall–Kier alpha value is -1.06. The summed E-state index contributed by atoms with van der Waals surface area (Å²) in [6, 6.07) is 8.53. The van der Waals surface area contributed by atoms with Crippen LogP contribution in [0, 0.1) is 0 Å². The summed E-state index contributed by atoms with van der Waals surface area (Å²) in [6.07, 6.45) is 2.14. The Bertz CT molecular complexity index is 344. The molecule has 1 saturated heterocycles. The third-order valence-corrected chi connectivity index (χ3v) is 3.64. The molecule has 2 atom stereocenters. The van der Waals surface area contributed by atoms with Gasteiger partial charge in [0, 0.05) is 18.7 Å². The van der Waals surface area contributed by atoms with Gasteiger partial charge < -0.3 is 9.84 Å². The zero-order chi connectivity index (χ0) is 12.3. The predicted octanol–water partition coefficient (Wildman–Crippen LogP) is 2.04. The summed E-state index contributed by atoms with van der Waals surface area (Å²) < 4.78 is 5.42. The number of ether oxygens (including phenoxy) is 1. The maximum atomic E-state index is 9.25. The van der Waals surface area contributed by atoms with Crippen LogP contribution in [0.15, 0.2) is 24.3 Å². The Morgan fingerprint density at radius 1 is 1.41 bits per heavy atom. The fourth-order valence-corrected chi connectivity index (χ4v) is 2.32. The smallest absolute Gasteiger partial charge is 0.115 e. The van der Waals surface area contributed by atoms with Crippen LogP contribution in [0.25, 0.3) is 0 Å². The summed E-state index contributed by atoms with van der Waals surface area (Å²) >= 11 is 0. The zero-order valence-corrected chi connectivity index (χ0v) is 10.6. The molecule has 1 N–H and O–H groups in total. The van der Waals surface area contributed by atoms with E-state index in [-0.39, 0.29) is 0 Å². The molecule has 1 aromatic rings. The highest BCUT2D eigenvalue weighted by molar-refractivity contribution is 5.26. The molecule has 3 nitrogen and oxygen atoms in total. The molecular formula is C14H21NO2. The molecule has 1 heterocycles. The Kier molecular flexibility index (Phi) is 4.02. The molecule has 0 aliphatic carbocycles. The maximum Gasteiger partial charge on any atom is 0.115 e. The molecular weight excluding hydrogens is 214 g/mol. The number of phenolic OH excluding ortho intramolecular Hbond substituents is 1. The fraction of sp³-hybridized carbons (Fsp3) is 0.571. The lowest BCUT2D eigenvalue weighted by molar-refractivity contribution is 0.137. The molecule has 2 unspecified atom stereocenters. The van der Waals surface area contributed by atoms with Gasteiger partial charge >= 0.3 is 0 Å². The molecule has 94 valence electrons. The Morgan fingerprint density at radius 2 is 2.12 bits per heavy atom. The second-order valence-corrected chi connectivity index (χ2v) is 4.90. The van der Waals surface area contributed by atoms with Crippen LogP contribution < -0.4 is 0 Å². The van der Waals surface area contributed by atoms with E-state index in [2.05, 4.69) is 18.9 Å². The number of nitrogens with zero attached hydrogens (tertiary/aromatic N) is 1. The van der Waals surface area contributed by atoms with Crippen molar-refractivity contribution in [1.29, 1.82) is 0 Å². The van der Waals surface area contributed by atoms with Crippen LogP contribution in [0.1, 0.15) is 18.9 Å². The van der Waals surface area contributed by atoms with Crippen LogP contribution in [-0.4, -0.2) is 42.4 Å². The van der Waals surface area contributed by atoms with Crippen LogP contribution in [0.2, 0.25) is 0 Å². The first-order valence-electron chi connectivity index (χ1n) is 6.24. The molecule has 17 heavy (non-hydrogen) atoms. The minimum atomic E-state index is 0.332. The number of likely N-dealkylation sites (N-methyl/N-ethyl adjacent to an activating group) is 1. The van der Waals surface area contributed by atoms with E-state index in [1.807, 2.05) is 12.1 Å². The van der Waals surface area contributed by atoms with E-state index in [1.54, 1.807) is 12.1 Å². The third-order valence-electron chi connectivity index (χ3n) is 3.64. The maximum absolute atomic E-state index is 9.25. The van der Waals surface area contributed by atoms with Gasteiger partial charge in [-0.05, 0) is 44.5 Å². The molecule has 0 spiro atoms. The highest BCUT2D eigenvalue weighted by atomic mass is 16.5. The summed E-state index contributed by atoms with van der Waals surface area (Å²) in [5.74, 6) is 0.332. The molecule has 1 fully saturated rings. The minimum Gasteiger partial charge on any atom is -0.508 e. The van der Waals surface area contributed by atoms with Gasteiger partial charge in [-0.3, -0.25) is 4.90 Å². The van der Waals surface area contributed by atoms with Crippen molar-refractivity contribution in [2.75, 3.05) is 20.3 Å². The van der Waals surface area contributed by atoms with Crippen molar-refractivity contribution in [3.8, 4) is 5.75 Å². The number of phenols is 1. The van der Waals surface area contributed by atoms with Gasteiger partial charge in [-0.2, -0.15) is 0 Å². The molecule has 2 rings (SSSR count). The summed E-state index contributed by atoms with van der Waals surface area (Å²) in [5, 5.41) is 9.25. The number of hydrogen-bond donors (Lipinski definition) is 1. The summed E-state index contributed by atoms with van der Waals surface area (Å²) in [6.45, 7) is 3.99. The van der Waals surface area contributed by atoms with Gasteiger partial charge in [0.05, 0.1) is 6.61 Å². The average Bonchev–Trinajstić information content (AvgIpc) is 2.84. The topological polar surface area (TPSA) is 32.7 Å². The van der Waals surface area contributed by atoms with Gasteiger partial charge in [-0.15, -0.1) is 0 Å². The molecule has 0 amide bonds. The summed E-state index contributed by atoms with van der Waals surface area (Å²) in [5.41, 5.74) is 1.26. The van der Waals surface area contributed by atoms with E-state index in [0.29, 0.717) is 17.8 Å². The van der Waals surface area contributed by atoms with Crippen molar-refractivity contribution >= 4 is 0 Å². The molecule has 0 aromatic heterocycles. The molecule has 0 bridgehead atoms. The standard InChI is InChI=1S/C14H21NO2/c1-11(15(2)13-7-8-17-10-13)9-12-3-5-14(16)6-4-12/h3-6,11,13,16H,7-10H2,1-2H3. The highest BCUT2D eigenvalue weighted by Crippen LogP contribution is 2.17. The van der Waals surface area contributed by atoms with Crippen LogP contribution in [0.5, 0.6) is 5.75 Å². The van der Waals surface area contributed by atoms with E-state index < -0.39 is 0 Å². The van der Waals surface area contributed by atoms with Crippen molar-refractivity contribution in [1.82, 2.24) is 4.90 Å². The monoisotopic (exact) mass is 235 g/mol. The summed E-state index contributed by atoms with van der Waals surface area (Å²) in [4.78, 5) is 2.40. The average molecular weight is 235 g/mol. The molecule has 1 aromatic carbocycles. The second kappa shape index (κ2) is 5.52. The minimum absolute atomic E-state index is 0.332. The zero-order valence-electron chi connectivity index (χ0n) is 10.6. The van der Waals surface area contributed by atoms with Crippen molar-refractivity contribution in [3.05, 3.63) is 29.8 Å². The van der Waals surface area contributed by atoms with Gasteiger partial charge in [0.1, 0.15) is 5.75 Å². The van der Waals surface area contributed by atoms with Crippen molar-refractivity contribution < 1.29 is 9.84 Å². The van der Waals surface area contributed by atoms with E-state index in [0.717, 1.165) is 26.1 Å². The SMILES string of the molecule is CC(Cc1ccc(O)cc1)N(C)C1CCOC1. The Morgan fingerprint density at radius 3 is 2.71 bits per heavy atom. The highest BCUT2D eigenvalue weighted by Gasteiger charge is 2.23. The summed E-state index contributed by atoms with van der Waals surface area (Å²) in [7, 11) is 2.17. The van der Waals surface area contributed by atoms with Gasteiger partial charge in [-0.1, -0.05) is 12.1 Å². The van der Waals surface area contributed by atoms with Crippen LogP contribution in [-0.2, 0) is 11.2 Å². The number of hydrogen-bond acceptors (Lipinski definition) is 3. The Balaban J connectivity index is 1.91. The first-order chi connectivity index (χ1) is 8.16. The van der Waals surface area contributed by atoms with E-state index in [4.69, 9.17) is 4.74 Å². The van der Waals surface area contributed by atoms with Gasteiger partial charge in [-0.25, -0.2) is 0 Å². The predicted molar refractivity (Wildman–Crippen MR) is 68.3 cm³/mol. The number of benzene rings is 1. The lowest BCUT2D eigenvalue weighted by Crippen LogP contribution is -2.40. The third kappa shape index (κ3) is 3.20. The van der Waals surface area contributed by atoms with Crippen LogP contribution in [0.4, 0.5) is 0 Å². The van der Waals surface area contributed by atoms with E-state index >= 15 is 0 Å². The Labute approximate surface area is 103 Å². The van der Waals surface area contributed by atoms with Crippen molar-refractivity contribution in [3.63, 3.8) is 0 Å². The van der Waals surface area contributed by atoms with Gasteiger partial charge in [0.15, 0.2) is 0 Å². The molecule has 0 radical (unpaired) electrons. The van der Waals surface area contributed by atoms with Crippen molar-refractivity contribution in [2.45, 2.75) is 31.8 Å². The molecule has 3 heteroatoms. The van der Waals surface area contributed by atoms with Crippen LogP contribution in [0.3, 0.4) is 0 Å². The first kappa shape index (κ1) is 12.4. The van der Waals surface area contributed by atoms with Gasteiger partial charge in [0.25, 0.3) is 0 Å². The molecule has 1 aliphatic rings. The van der Waals surface area contributed by atoms with E-state index in [9.17, 15) is 5.11 Å². The quantitative estimate of drug-likeness (QED) is 0.867. The normalized spacial score (nSPS) is 21.9. The van der Waals surface area contributed by atoms with Gasteiger partial charge in [0.2, 0.25) is 0 Å². The largest absolute Gasteiger partial charge is 0.508 e. The first-order valence-corrected chi connectivity index (χ1v) is 6.24. The number of aromatic hydroxyl groups is 1. The number of rotatable bonds is 4. The lowest BCUT2D eigenvalue weighted by atomic mass is 10.0. The second-order valence-electron chi connectivity index (χ2n) is 4.90. The fourth-order valence-electron chi connectivity index (χ4n) is 2.32. The molecule has 0 saturated carbocycles.